The third-order valence-electron chi connectivity index (χ3n) is 3.85. The summed E-state index contributed by atoms with van der Waals surface area (Å²) in [5.74, 6) is 1.53. The second kappa shape index (κ2) is 9.05. The van der Waals surface area contributed by atoms with E-state index in [1.807, 2.05) is 54.0 Å². The number of hydrogen-bond acceptors (Lipinski definition) is 5. The Morgan fingerprint density at radius 3 is 2.63 bits per heavy atom. The van der Waals surface area contributed by atoms with Crippen LogP contribution in [0.3, 0.4) is 0 Å². The molecule has 0 saturated carbocycles. The number of amides is 1. The van der Waals surface area contributed by atoms with Crippen molar-refractivity contribution in [3.8, 4) is 17.1 Å². The van der Waals surface area contributed by atoms with E-state index in [9.17, 15) is 4.79 Å². The lowest BCUT2D eigenvalue weighted by molar-refractivity contribution is -0.113. The Morgan fingerprint density at radius 2 is 1.93 bits per heavy atom. The van der Waals surface area contributed by atoms with Crippen molar-refractivity contribution in [1.82, 2.24) is 14.8 Å². The molecule has 1 amide bonds. The summed E-state index contributed by atoms with van der Waals surface area (Å²) in [7, 11) is 1.58. The highest BCUT2D eigenvalue weighted by atomic mass is 79.9. The zero-order valence-electron chi connectivity index (χ0n) is 15.0. The Hall–Kier alpha value is -2.32. The van der Waals surface area contributed by atoms with Crippen LogP contribution in [0.15, 0.2) is 58.2 Å². The quantitative estimate of drug-likeness (QED) is 0.542. The second-order valence-electron chi connectivity index (χ2n) is 5.59. The van der Waals surface area contributed by atoms with Crippen LogP contribution in [0.4, 0.5) is 5.69 Å². The minimum Gasteiger partial charge on any atom is -0.495 e. The van der Waals surface area contributed by atoms with E-state index >= 15 is 0 Å². The van der Waals surface area contributed by atoms with Crippen molar-refractivity contribution in [2.24, 2.45) is 0 Å². The number of rotatable bonds is 7. The number of thioether (sulfide) groups is 1. The molecule has 0 aliphatic heterocycles. The highest BCUT2D eigenvalue weighted by Gasteiger charge is 2.15. The minimum atomic E-state index is -0.125. The number of benzene rings is 2. The van der Waals surface area contributed by atoms with E-state index in [0.717, 1.165) is 22.4 Å². The van der Waals surface area contributed by atoms with E-state index in [-0.39, 0.29) is 11.7 Å². The van der Waals surface area contributed by atoms with Crippen LogP contribution in [-0.4, -0.2) is 33.5 Å². The van der Waals surface area contributed by atoms with E-state index in [4.69, 9.17) is 4.74 Å². The largest absolute Gasteiger partial charge is 0.495 e. The monoisotopic (exact) mass is 446 g/mol. The number of methoxy groups -OCH3 is 1. The molecular weight excluding hydrogens is 428 g/mol. The molecule has 0 atom stereocenters. The summed E-state index contributed by atoms with van der Waals surface area (Å²) in [6, 6.07) is 15.2. The summed E-state index contributed by atoms with van der Waals surface area (Å²) in [5.41, 5.74) is 1.64. The summed E-state index contributed by atoms with van der Waals surface area (Å²) in [5, 5.41) is 12.1. The molecule has 0 radical (unpaired) electrons. The van der Waals surface area contributed by atoms with Gasteiger partial charge in [0, 0.05) is 16.6 Å². The minimum absolute atomic E-state index is 0.125. The van der Waals surface area contributed by atoms with Gasteiger partial charge < -0.3 is 14.6 Å². The molecule has 0 spiro atoms. The maximum atomic E-state index is 12.3. The molecule has 1 heterocycles. The van der Waals surface area contributed by atoms with E-state index in [1.165, 1.54) is 11.8 Å². The van der Waals surface area contributed by atoms with Gasteiger partial charge in [0.2, 0.25) is 5.91 Å². The number of carbonyl (C=O) groups excluding carboxylic acids is 1. The molecule has 0 saturated heterocycles. The van der Waals surface area contributed by atoms with Gasteiger partial charge in [-0.25, -0.2) is 0 Å². The van der Waals surface area contributed by atoms with Crippen LogP contribution < -0.4 is 10.1 Å². The zero-order chi connectivity index (χ0) is 19.2. The van der Waals surface area contributed by atoms with Crippen molar-refractivity contribution in [3.63, 3.8) is 0 Å². The molecule has 0 fully saturated rings. The first-order chi connectivity index (χ1) is 13.1. The fraction of sp³-hybridized carbons (Fsp3) is 0.211. The first-order valence-corrected chi connectivity index (χ1v) is 10.1. The second-order valence-corrected chi connectivity index (χ2v) is 7.45. The first kappa shape index (κ1) is 19.4. The summed E-state index contributed by atoms with van der Waals surface area (Å²) < 4.78 is 8.27. The van der Waals surface area contributed by atoms with Crippen molar-refractivity contribution in [3.05, 3.63) is 53.0 Å². The third-order valence-corrected chi connectivity index (χ3v) is 5.34. The molecule has 3 rings (SSSR count). The molecule has 0 unspecified atom stereocenters. The van der Waals surface area contributed by atoms with Crippen LogP contribution in [0.5, 0.6) is 5.75 Å². The summed E-state index contributed by atoms with van der Waals surface area (Å²) in [4.78, 5) is 12.3. The van der Waals surface area contributed by atoms with Crippen LogP contribution in [0.25, 0.3) is 11.4 Å². The lowest BCUT2D eigenvalue weighted by atomic mass is 10.2. The Balaban J connectivity index is 1.69. The predicted octanol–water partition coefficient (Wildman–Crippen LogP) is 4.47. The van der Waals surface area contributed by atoms with Gasteiger partial charge in [-0.3, -0.25) is 4.79 Å². The molecular formula is C19H19BrN4O2S. The van der Waals surface area contributed by atoms with Crippen LogP contribution in [-0.2, 0) is 11.3 Å². The summed E-state index contributed by atoms with van der Waals surface area (Å²) >= 11 is 4.79. The normalized spacial score (nSPS) is 10.6. The van der Waals surface area contributed by atoms with Crippen molar-refractivity contribution in [1.29, 1.82) is 0 Å². The standard InChI is InChI=1S/C19H19BrN4O2S/c1-3-24-18(13-8-10-14(20)11-9-13)22-23-19(24)27-12-17(25)21-15-6-4-5-7-16(15)26-2/h4-11H,3,12H2,1-2H3,(H,21,25). The van der Waals surface area contributed by atoms with Crippen LogP contribution in [0.1, 0.15) is 6.92 Å². The highest BCUT2D eigenvalue weighted by molar-refractivity contribution is 9.10. The van der Waals surface area contributed by atoms with E-state index in [2.05, 4.69) is 31.4 Å². The third kappa shape index (κ3) is 4.70. The molecule has 6 nitrogen and oxygen atoms in total. The van der Waals surface area contributed by atoms with Gasteiger partial charge in [-0.2, -0.15) is 0 Å². The average molecular weight is 447 g/mol. The Kier molecular flexibility index (Phi) is 6.52. The van der Waals surface area contributed by atoms with Crippen molar-refractivity contribution in [2.75, 3.05) is 18.2 Å². The first-order valence-electron chi connectivity index (χ1n) is 8.37. The Morgan fingerprint density at radius 1 is 1.19 bits per heavy atom. The molecule has 1 aromatic heterocycles. The van der Waals surface area contributed by atoms with Crippen LogP contribution in [0, 0.1) is 0 Å². The summed E-state index contributed by atoms with van der Waals surface area (Å²) in [6.45, 7) is 2.75. The lowest BCUT2D eigenvalue weighted by Gasteiger charge is -2.10. The topological polar surface area (TPSA) is 69.0 Å². The lowest BCUT2D eigenvalue weighted by Crippen LogP contribution is -2.15. The van der Waals surface area contributed by atoms with E-state index in [0.29, 0.717) is 16.6 Å². The SMILES string of the molecule is CCn1c(SCC(=O)Nc2ccccc2OC)nnc1-c1ccc(Br)cc1. The molecule has 8 heteroatoms. The predicted molar refractivity (Wildman–Crippen MR) is 111 cm³/mol. The fourth-order valence-electron chi connectivity index (χ4n) is 2.56. The zero-order valence-corrected chi connectivity index (χ0v) is 17.4. The number of para-hydroxylation sites is 2. The smallest absolute Gasteiger partial charge is 0.234 e. The number of ether oxygens (including phenoxy) is 1. The maximum absolute atomic E-state index is 12.3. The Labute approximate surface area is 170 Å². The molecule has 0 bridgehead atoms. The number of hydrogen-bond donors (Lipinski definition) is 1. The van der Waals surface area contributed by atoms with Crippen molar-refractivity contribution in [2.45, 2.75) is 18.6 Å². The Bertz CT molecular complexity index is 928. The molecule has 0 aliphatic carbocycles. The van der Waals surface area contributed by atoms with Gasteiger partial charge in [0.15, 0.2) is 11.0 Å². The van der Waals surface area contributed by atoms with Crippen LogP contribution >= 0.6 is 27.7 Å². The van der Waals surface area contributed by atoms with Gasteiger partial charge in [-0.05, 0) is 31.2 Å². The molecule has 3 aromatic rings. The van der Waals surface area contributed by atoms with Crippen LogP contribution in [0.2, 0.25) is 0 Å². The van der Waals surface area contributed by atoms with Gasteiger partial charge in [-0.15, -0.1) is 10.2 Å². The average Bonchev–Trinajstić information content (AvgIpc) is 3.10. The molecule has 27 heavy (non-hydrogen) atoms. The van der Waals surface area contributed by atoms with Crippen molar-refractivity contribution < 1.29 is 9.53 Å². The molecule has 0 aliphatic rings. The number of nitrogens with zero attached hydrogens (tertiary/aromatic N) is 3. The van der Waals surface area contributed by atoms with Crippen molar-refractivity contribution >= 4 is 39.3 Å². The van der Waals surface area contributed by atoms with Gasteiger partial charge in [-0.1, -0.05) is 52.0 Å². The fourth-order valence-corrected chi connectivity index (χ4v) is 3.62. The van der Waals surface area contributed by atoms with E-state index in [1.54, 1.807) is 13.2 Å². The number of halogens is 1. The molecule has 2 aromatic carbocycles. The number of nitrogens with one attached hydrogen (secondary N) is 1. The maximum Gasteiger partial charge on any atom is 0.234 e. The number of anilines is 1. The highest BCUT2D eigenvalue weighted by Crippen LogP contribution is 2.26. The number of carbonyl (C=O) groups is 1. The van der Waals surface area contributed by atoms with E-state index < -0.39 is 0 Å². The summed E-state index contributed by atoms with van der Waals surface area (Å²) in [6.07, 6.45) is 0. The van der Waals surface area contributed by atoms with Gasteiger partial charge in [0.1, 0.15) is 5.75 Å². The molecule has 140 valence electrons. The van der Waals surface area contributed by atoms with Gasteiger partial charge >= 0.3 is 0 Å². The van der Waals surface area contributed by atoms with Gasteiger partial charge in [0.25, 0.3) is 0 Å². The number of aromatic nitrogens is 3. The van der Waals surface area contributed by atoms with Gasteiger partial charge in [0.05, 0.1) is 18.6 Å². The molecule has 1 N–H and O–H groups in total.